The highest BCUT2D eigenvalue weighted by Gasteiger charge is 2.12. The molecule has 0 fully saturated rings. The number of nitrogens with two attached hydrogens (primary N) is 1. The summed E-state index contributed by atoms with van der Waals surface area (Å²) in [4.78, 5) is 0. The van der Waals surface area contributed by atoms with Crippen LogP contribution in [-0.2, 0) is 6.42 Å². The van der Waals surface area contributed by atoms with Crippen molar-refractivity contribution in [1.82, 2.24) is 0 Å². The summed E-state index contributed by atoms with van der Waals surface area (Å²) in [5, 5.41) is 0. The highest BCUT2D eigenvalue weighted by molar-refractivity contribution is 5.22. The molecule has 0 aliphatic carbocycles. The van der Waals surface area contributed by atoms with E-state index in [0.717, 1.165) is 17.9 Å². The Hall–Kier alpha value is -1.54. The Morgan fingerprint density at radius 3 is 2.44 bits per heavy atom. The minimum atomic E-state index is 0.340. The van der Waals surface area contributed by atoms with Gasteiger partial charge in [-0.2, -0.15) is 0 Å². The summed E-state index contributed by atoms with van der Waals surface area (Å²) in [6.07, 6.45) is 0.869. The van der Waals surface area contributed by atoms with Crippen LogP contribution in [-0.4, -0.2) is 6.54 Å². The van der Waals surface area contributed by atoms with Crippen LogP contribution >= 0.6 is 0 Å². The van der Waals surface area contributed by atoms with Crippen LogP contribution < -0.4 is 5.73 Å². The smallest absolute Gasteiger partial charge is 0.104 e. The molecule has 0 bridgehead atoms. The third-order valence-electron chi connectivity index (χ3n) is 2.80. The molecule has 2 rings (SSSR count). The molecular weight excluding hydrogens is 198 g/mol. The maximum atomic E-state index is 5.82. The second-order valence-electron chi connectivity index (χ2n) is 4.06. The van der Waals surface area contributed by atoms with E-state index in [1.807, 2.05) is 37.3 Å². The fourth-order valence-electron chi connectivity index (χ4n) is 1.90. The van der Waals surface area contributed by atoms with E-state index in [1.165, 1.54) is 5.56 Å². The van der Waals surface area contributed by atoms with Crippen molar-refractivity contribution in [3.8, 4) is 0 Å². The van der Waals surface area contributed by atoms with Crippen molar-refractivity contribution in [1.29, 1.82) is 0 Å². The molecule has 0 amide bonds. The SMILES string of the molecule is Cc1ccc(CC(CN)c2ccccc2)o1. The number of rotatable bonds is 4. The first kappa shape index (κ1) is 11.0. The zero-order valence-corrected chi connectivity index (χ0v) is 9.52. The molecule has 2 heteroatoms. The first-order valence-corrected chi connectivity index (χ1v) is 5.60. The van der Waals surface area contributed by atoms with Crippen molar-refractivity contribution < 1.29 is 4.42 Å². The monoisotopic (exact) mass is 215 g/mol. The van der Waals surface area contributed by atoms with Crippen molar-refractivity contribution in [2.24, 2.45) is 5.73 Å². The fourth-order valence-corrected chi connectivity index (χ4v) is 1.90. The van der Waals surface area contributed by atoms with E-state index in [2.05, 4.69) is 12.1 Å². The first-order valence-electron chi connectivity index (χ1n) is 5.60. The molecule has 1 heterocycles. The van der Waals surface area contributed by atoms with Gasteiger partial charge in [0.2, 0.25) is 0 Å². The van der Waals surface area contributed by atoms with Gasteiger partial charge in [0.25, 0.3) is 0 Å². The van der Waals surface area contributed by atoms with Crippen LogP contribution in [0.5, 0.6) is 0 Å². The lowest BCUT2D eigenvalue weighted by Crippen LogP contribution is -2.14. The highest BCUT2D eigenvalue weighted by Crippen LogP contribution is 2.20. The number of hydrogen-bond acceptors (Lipinski definition) is 2. The van der Waals surface area contributed by atoms with Gasteiger partial charge in [0.05, 0.1) is 0 Å². The quantitative estimate of drug-likeness (QED) is 0.851. The molecule has 1 aromatic heterocycles. The molecule has 1 aromatic carbocycles. The Morgan fingerprint density at radius 1 is 1.12 bits per heavy atom. The predicted octanol–water partition coefficient (Wildman–Crippen LogP) is 2.87. The van der Waals surface area contributed by atoms with Gasteiger partial charge in [0.15, 0.2) is 0 Å². The standard InChI is InChI=1S/C14H17NO/c1-11-7-8-14(16-11)9-13(10-15)12-5-3-2-4-6-12/h2-8,13H,9-10,15H2,1H3. The van der Waals surface area contributed by atoms with Crippen LogP contribution in [0.25, 0.3) is 0 Å². The second kappa shape index (κ2) is 4.99. The summed E-state index contributed by atoms with van der Waals surface area (Å²) in [5.41, 5.74) is 7.09. The van der Waals surface area contributed by atoms with E-state index in [9.17, 15) is 0 Å². The van der Waals surface area contributed by atoms with E-state index in [1.54, 1.807) is 0 Å². The third kappa shape index (κ3) is 2.52. The zero-order chi connectivity index (χ0) is 11.4. The minimum Gasteiger partial charge on any atom is -0.466 e. The van der Waals surface area contributed by atoms with Crippen molar-refractivity contribution in [3.05, 3.63) is 59.5 Å². The molecule has 0 saturated heterocycles. The lowest BCUT2D eigenvalue weighted by molar-refractivity contribution is 0.465. The van der Waals surface area contributed by atoms with Gasteiger partial charge in [-0.3, -0.25) is 0 Å². The van der Waals surface area contributed by atoms with Crippen molar-refractivity contribution in [3.63, 3.8) is 0 Å². The number of aryl methyl sites for hydroxylation is 1. The molecule has 0 aliphatic heterocycles. The Kier molecular flexibility index (Phi) is 3.42. The molecule has 0 radical (unpaired) electrons. The van der Waals surface area contributed by atoms with E-state index in [4.69, 9.17) is 10.2 Å². The normalized spacial score (nSPS) is 12.6. The maximum absolute atomic E-state index is 5.82. The number of hydrogen-bond donors (Lipinski definition) is 1. The van der Waals surface area contributed by atoms with Crippen molar-refractivity contribution >= 4 is 0 Å². The van der Waals surface area contributed by atoms with Crippen molar-refractivity contribution in [2.45, 2.75) is 19.3 Å². The molecule has 2 aromatic rings. The van der Waals surface area contributed by atoms with E-state index in [0.29, 0.717) is 12.5 Å². The van der Waals surface area contributed by atoms with Crippen molar-refractivity contribution in [2.75, 3.05) is 6.54 Å². The lowest BCUT2D eigenvalue weighted by Gasteiger charge is -2.13. The topological polar surface area (TPSA) is 39.2 Å². The Bertz CT molecular complexity index is 433. The van der Waals surface area contributed by atoms with Gasteiger partial charge in [-0.1, -0.05) is 30.3 Å². The molecule has 0 aliphatic rings. The predicted molar refractivity (Wildman–Crippen MR) is 65.4 cm³/mol. The highest BCUT2D eigenvalue weighted by atomic mass is 16.3. The fraction of sp³-hybridized carbons (Fsp3) is 0.286. The summed E-state index contributed by atoms with van der Waals surface area (Å²) in [7, 11) is 0. The average Bonchev–Trinajstić information content (AvgIpc) is 2.73. The van der Waals surface area contributed by atoms with Gasteiger partial charge >= 0.3 is 0 Å². The molecule has 16 heavy (non-hydrogen) atoms. The van der Waals surface area contributed by atoms with Gasteiger partial charge in [0, 0.05) is 12.3 Å². The maximum Gasteiger partial charge on any atom is 0.104 e. The molecule has 2 nitrogen and oxygen atoms in total. The Morgan fingerprint density at radius 2 is 1.88 bits per heavy atom. The first-order chi connectivity index (χ1) is 7.79. The molecule has 0 spiro atoms. The van der Waals surface area contributed by atoms with E-state index >= 15 is 0 Å². The van der Waals surface area contributed by atoms with Crippen LogP contribution in [0.1, 0.15) is 23.0 Å². The summed E-state index contributed by atoms with van der Waals surface area (Å²) in [6, 6.07) is 14.4. The number of furan rings is 1. The van der Waals surface area contributed by atoms with Crippen LogP contribution in [0.3, 0.4) is 0 Å². The molecule has 0 saturated carbocycles. The van der Waals surface area contributed by atoms with Crippen LogP contribution in [0.4, 0.5) is 0 Å². The van der Waals surface area contributed by atoms with Crippen LogP contribution in [0, 0.1) is 6.92 Å². The van der Waals surface area contributed by atoms with Crippen LogP contribution in [0.2, 0.25) is 0 Å². The molecule has 84 valence electrons. The molecule has 1 unspecified atom stereocenters. The molecule has 1 atom stereocenters. The van der Waals surface area contributed by atoms with Gasteiger partial charge in [-0.05, 0) is 31.2 Å². The van der Waals surface area contributed by atoms with Gasteiger partial charge in [-0.25, -0.2) is 0 Å². The summed E-state index contributed by atoms with van der Waals surface area (Å²) >= 11 is 0. The van der Waals surface area contributed by atoms with E-state index in [-0.39, 0.29) is 0 Å². The minimum absolute atomic E-state index is 0.340. The van der Waals surface area contributed by atoms with Crippen LogP contribution in [0.15, 0.2) is 46.9 Å². The second-order valence-corrected chi connectivity index (χ2v) is 4.06. The van der Waals surface area contributed by atoms with E-state index < -0.39 is 0 Å². The molecular formula is C14H17NO. The van der Waals surface area contributed by atoms with Gasteiger partial charge in [-0.15, -0.1) is 0 Å². The summed E-state index contributed by atoms with van der Waals surface area (Å²) < 4.78 is 5.58. The zero-order valence-electron chi connectivity index (χ0n) is 9.52. The summed E-state index contributed by atoms with van der Waals surface area (Å²) in [5.74, 6) is 2.31. The summed E-state index contributed by atoms with van der Waals surface area (Å²) in [6.45, 7) is 2.60. The lowest BCUT2D eigenvalue weighted by atomic mass is 9.95. The Balaban J connectivity index is 2.12. The molecule has 2 N–H and O–H groups in total. The largest absolute Gasteiger partial charge is 0.466 e. The third-order valence-corrected chi connectivity index (χ3v) is 2.80. The van der Waals surface area contributed by atoms with Gasteiger partial charge < -0.3 is 10.2 Å². The van der Waals surface area contributed by atoms with Gasteiger partial charge in [0.1, 0.15) is 11.5 Å². The average molecular weight is 215 g/mol. The Labute approximate surface area is 96.1 Å². The number of benzene rings is 1.